The van der Waals surface area contributed by atoms with Gasteiger partial charge in [0.15, 0.2) is 0 Å². The Balaban J connectivity index is 4.17. The highest BCUT2D eigenvalue weighted by atomic mass is 32.2. The molecule has 3 atom stereocenters. The number of amides is 1. The van der Waals surface area contributed by atoms with Crippen LogP contribution in [-0.2, 0) is 14.9 Å². The van der Waals surface area contributed by atoms with E-state index in [1.54, 1.807) is 6.08 Å². The molecule has 0 aliphatic rings. The van der Waals surface area contributed by atoms with Gasteiger partial charge in [-0.25, -0.2) is 0 Å². The van der Waals surface area contributed by atoms with E-state index in [-0.39, 0.29) is 6.42 Å². The van der Waals surface area contributed by atoms with Gasteiger partial charge >= 0.3 is 0 Å². The van der Waals surface area contributed by atoms with E-state index in [9.17, 15) is 28.0 Å². The zero-order valence-corrected chi connectivity index (χ0v) is 31.5. The Kier molecular flexibility index (Phi) is 32.5. The number of aliphatic hydroxyl groups excluding tert-OH is 2. The van der Waals surface area contributed by atoms with Gasteiger partial charge in [0, 0.05) is 0 Å². The van der Waals surface area contributed by atoms with Crippen molar-refractivity contribution in [2.24, 2.45) is 0 Å². The second-order valence-electron chi connectivity index (χ2n) is 13.3. The summed E-state index contributed by atoms with van der Waals surface area (Å²) in [4.78, 5) is 12.6. The van der Waals surface area contributed by atoms with Gasteiger partial charge in [0.25, 0.3) is 10.1 Å². The van der Waals surface area contributed by atoms with Crippen LogP contribution < -0.4 is 5.32 Å². The van der Waals surface area contributed by atoms with Crippen molar-refractivity contribution >= 4 is 16.0 Å². The standard InChI is InChI=1S/C40H73NO6S/c1-3-5-7-9-11-13-15-17-19-21-23-25-27-29-31-33-35-39(43)40(44)41-37(36-48(45,46)47)38(42)34-32-30-28-26-24-22-20-18-16-14-12-10-8-6-4-2/h16-19,24,26,32,34,37-39,42-43H,3-15,20-23,25,27-31,33,35-36H2,1-2H3,(H,41,44)(H,45,46,47)/b18-16+,19-17-,26-24+,34-32+. The third-order valence-electron chi connectivity index (χ3n) is 8.56. The maximum Gasteiger partial charge on any atom is 0.267 e. The van der Waals surface area contributed by atoms with Crippen LogP contribution in [0, 0.1) is 0 Å². The third kappa shape index (κ3) is 32.8. The Morgan fingerprint density at radius 2 is 0.938 bits per heavy atom. The predicted molar refractivity (Wildman–Crippen MR) is 204 cm³/mol. The molecule has 0 aliphatic carbocycles. The number of hydrogen-bond acceptors (Lipinski definition) is 5. The lowest BCUT2D eigenvalue weighted by Crippen LogP contribution is -2.50. The van der Waals surface area contributed by atoms with E-state index in [0.29, 0.717) is 12.8 Å². The van der Waals surface area contributed by atoms with Gasteiger partial charge < -0.3 is 15.5 Å². The molecule has 1 amide bonds. The topological polar surface area (TPSA) is 124 Å². The molecule has 0 radical (unpaired) electrons. The number of unbranched alkanes of at least 4 members (excludes halogenated alkanes) is 19. The van der Waals surface area contributed by atoms with Gasteiger partial charge in [-0.2, -0.15) is 8.42 Å². The second kappa shape index (κ2) is 33.7. The fraction of sp³-hybridized carbons (Fsp3) is 0.775. The summed E-state index contributed by atoms with van der Waals surface area (Å²) in [6, 6.07) is -1.26. The molecule has 7 nitrogen and oxygen atoms in total. The summed E-state index contributed by atoms with van der Waals surface area (Å²) in [7, 11) is -4.46. The fourth-order valence-corrected chi connectivity index (χ4v) is 6.27. The zero-order chi connectivity index (χ0) is 35.6. The number of carbonyl (C=O) groups is 1. The molecule has 0 spiro atoms. The largest absolute Gasteiger partial charge is 0.387 e. The SMILES string of the molecule is CCCCCCC/C=C/CC/C=C/CC/C=C/C(O)C(CS(=O)(=O)O)NC(=O)C(O)CCCCCCCC/C=C\CCCCCCCC. The van der Waals surface area contributed by atoms with Crippen LogP contribution in [-0.4, -0.2) is 53.1 Å². The monoisotopic (exact) mass is 696 g/mol. The van der Waals surface area contributed by atoms with Crippen molar-refractivity contribution in [3.63, 3.8) is 0 Å². The average Bonchev–Trinajstić information content (AvgIpc) is 3.05. The fourth-order valence-electron chi connectivity index (χ4n) is 5.54. The zero-order valence-electron chi connectivity index (χ0n) is 30.7. The van der Waals surface area contributed by atoms with E-state index >= 15 is 0 Å². The lowest BCUT2D eigenvalue weighted by Gasteiger charge is -2.22. The van der Waals surface area contributed by atoms with Crippen LogP contribution >= 0.6 is 0 Å². The van der Waals surface area contributed by atoms with Gasteiger partial charge in [0.1, 0.15) is 6.10 Å². The molecule has 0 aliphatic heterocycles. The number of allylic oxidation sites excluding steroid dienone is 7. The van der Waals surface area contributed by atoms with Gasteiger partial charge in [-0.1, -0.05) is 152 Å². The van der Waals surface area contributed by atoms with Crippen molar-refractivity contribution < 1.29 is 28.0 Å². The molecule has 0 saturated carbocycles. The first kappa shape index (κ1) is 46.3. The number of aliphatic hydroxyl groups is 2. The molecule has 0 aromatic carbocycles. The van der Waals surface area contributed by atoms with E-state index in [0.717, 1.165) is 51.4 Å². The van der Waals surface area contributed by atoms with E-state index in [2.05, 4.69) is 55.6 Å². The summed E-state index contributed by atoms with van der Waals surface area (Å²) in [6.07, 6.45) is 41.6. The molecule has 0 aromatic heterocycles. The van der Waals surface area contributed by atoms with Crippen molar-refractivity contribution in [1.29, 1.82) is 0 Å². The minimum Gasteiger partial charge on any atom is -0.387 e. The number of nitrogens with one attached hydrogen (secondary N) is 1. The molecule has 8 heteroatoms. The maximum absolute atomic E-state index is 12.6. The van der Waals surface area contributed by atoms with Crippen molar-refractivity contribution in [2.45, 2.75) is 193 Å². The smallest absolute Gasteiger partial charge is 0.267 e. The van der Waals surface area contributed by atoms with Crippen molar-refractivity contribution in [1.82, 2.24) is 5.32 Å². The molecule has 0 bridgehead atoms. The number of rotatable bonds is 34. The van der Waals surface area contributed by atoms with E-state index < -0.39 is 40.0 Å². The number of hydrogen-bond donors (Lipinski definition) is 4. The predicted octanol–water partition coefficient (Wildman–Crippen LogP) is 10.1. The van der Waals surface area contributed by atoms with E-state index in [4.69, 9.17) is 0 Å². The van der Waals surface area contributed by atoms with Crippen LogP contribution in [0.1, 0.15) is 174 Å². The Hall–Kier alpha value is -1.74. The summed E-state index contributed by atoms with van der Waals surface area (Å²) in [5, 5.41) is 23.3. The quantitative estimate of drug-likeness (QED) is 0.0302. The molecule has 48 heavy (non-hydrogen) atoms. The van der Waals surface area contributed by atoms with Crippen LogP contribution in [0.4, 0.5) is 0 Å². The summed E-state index contributed by atoms with van der Waals surface area (Å²) >= 11 is 0. The lowest BCUT2D eigenvalue weighted by molar-refractivity contribution is -0.130. The molecule has 0 saturated heterocycles. The van der Waals surface area contributed by atoms with Gasteiger partial charge in [-0.15, -0.1) is 0 Å². The van der Waals surface area contributed by atoms with Crippen LogP contribution in [0.25, 0.3) is 0 Å². The van der Waals surface area contributed by atoms with Gasteiger partial charge in [0.05, 0.1) is 17.9 Å². The second-order valence-corrected chi connectivity index (χ2v) is 14.8. The van der Waals surface area contributed by atoms with Crippen molar-refractivity contribution in [3.8, 4) is 0 Å². The Bertz CT molecular complexity index is 959. The van der Waals surface area contributed by atoms with E-state index in [1.165, 1.54) is 96.0 Å². The minimum absolute atomic E-state index is 0.263. The molecule has 4 N–H and O–H groups in total. The van der Waals surface area contributed by atoms with Crippen LogP contribution in [0.5, 0.6) is 0 Å². The molecular weight excluding hydrogens is 623 g/mol. The summed E-state index contributed by atoms with van der Waals surface area (Å²) in [5.41, 5.74) is 0. The lowest BCUT2D eigenvalue weighted by atomic mass is 10.0. The Morgan fingerprint density at radius 1 is 0.562 bits per heavy atom. The molecule has 0 aromatic rings. The van der Waals surface area contributed by atoms with Gasteiger partial charge in [0.2, 0.25) is 5.91 Å². The van der Waals surface area contributed by atoms with Crippen molar-refractivity contribution in [3.05, 3.63) is 48.6 Å². The van der Waals surface area contributed by atoms with Crippen LogP contribution in [0.3, 0.4) is 0 Å². The van der Waals surface area contributed by atoms with Crippen molar-refractivity contribution in [2.75, 3.05) is 5.75 Å². The molecule has 280 valence electrons. The highest BCUT2D eigenvalue weighted by molar-refractivity contribution is 7.85. The average molecular weight is 696 g/mol. The Morgan fingerprint density at radius 3 is 1.38 bits per heavy atom. The minimum atomic E-state index is -4.46. The normalized spacial score (nSPS) is 14.5. The summed E-state index contributed by atoms with van der Waals surface area (Å²) in [5.74, 6) is -1.57. The highest BCUT2D eigenvalue weighted by Gasteiger charge is 2.27. The first-order valence-electron chi connectivity index (χ1n) is 19.4. The number of carbonyl (C=O) groups excluding carboxylic acids is 1. The Labute approximate surface area is 295 Å². The third-order valence-corrected chi connectivity index (χ3v) is 9.34. The summed E-state index contributed by atoms with van der Waals surface area (Å²) in [6.45, 7) is 4.47. The van der Waals surface area contributed by atoms with Gasteiger partial charge in [-0.3, -0.25) is 9.35 Å². The molecule has 0 rings (SSSR count). The molecule has 0 heterocycles. The highest BCUT2D eigenvalue weighted by Crippen LogP contribution is 2.12. The van der Waals surface area contributed by atoms with Crippen LogP contribution in [0.15, 0.2) is 48.6 Å². The molecular formula is C40H73NO6S. The first-order valence-corrected chi connectivity index (χ1v) is 21.1. The summed E-state index contributed by atoms with van der Waals surface area (Å²) < 4.78 is 32.4. The first-order chi connectivity index (χ1) is 23.2. The molecule has 0 fully saturated rings. The van der Waals surface area contributed by atoms with Crippen LogP contribution in [0.2, 0.25) is 0 Å². The molecule has 3 unspecified atom stereocenters. The maximum atomic E-state index is 12.6. The van der Waals surface area contributed by atoms with E-state index in [1.807, 2.05) is 0 Å². The van der Waals surface area contributed by atoms with Gasteiger partial charge in [-0.05, 0) is 70.6 Å².